The van der Waals surface area contributed by atoms with Crippen LogP contribution in [0, 0.1) is 0 Å². The van der Waals surface area contributed by atoms with Gasteiger partial charge >= 0.3 is 5.97 Å². The molecule has 1 N–H and O–H groups in total. The van der Waals surface area contributed by atoms with Crippen molar-refractivity contribution in [2.24, 2.45) is 0 Å². The van der Waals surface area contributed by atoms with Gasteiger partial charge in [0.15, 0.2) is 0 Å². The van der Waals surface area contributed by atoms with E-state index in [-0.39, 0.29) is 18.1 Å². The molecule has 0 fully saturated rings. The molecule has 0 saturated heterocycles. The zero-order chi connectivity index (χ0) is 22.1. The van der Waals surface area contributed by atoms with E-state index in [1.807, 2.05) is 78.9 Å². The van der Waals surface area contributed by atoms with E-state index in [1.165, 1.54) is 7.11 Å². The van der Waals surface area contributed by atoms with Gasteiger partial charge in [-0.3, -0.25) is 9.00 Å². The van der Waals surface area contributed by atoms with Crippen LogP contribution in [0.4, 0.5) is 0 Å². The van der Waals surface area contributed by atoms with Gasteiger partial charge in [0.2, 0.25) is 5.91 Å². The van der Waals surface area contributed by atoms with Gasteiger partial charge in [-0.1, -0.05) is 78.9 Å². The zero-order valence-electron chi connectivity index (χ0n) is 17.3. The first-order valence-electron chi connectivity index (χ1n) is 10.0. The molecule has 3 aromatic carbocycles. The second kappa shape index (κ2) is 11.2. The minimum absolute atomic E-state index is 0.205. The Morgan fingerprint density at radius 3 is 1.81 bits per heavy atom. The molecule has 0 aliphatic heterocycles. The Hall–Kier alpha value is -3.25. The second-order valence-electron chi connectivity index (χ2n) is 6.99. The third-order valence-electron chi connectivity index (χ3n) is 4.93. The number of esters is 1. The largest absolute Gasteiger partial charge is 0.467 e. The number of hydrogen-bond donors (Lipinski definition) is 1. The van der Waals surface area contributed by atoms with Crippen LogP contribution in [0.3, 0.4) is 0 Å². The van der Waals surface area contributed by atoms with Gasteiger partial charge in [-0.2, -0.15) is 0 Å². The predicted molar refractivity (Wildman–Crippen MR) is 121 cm³/mol. The molecule has 0 bridgehead atoms. The van der Waals surface area contributed by atoms with Crippen LogP contribution in [-0.4, -0.2) is 35.0 Å². The lowest BCUT2D eigenvalue weighted by Gasteiger charge is -2.22. The Balaban J connectivity index is 1.78. The van der Waals surface area contributed by atoms with Crippen molar-refractivity contribution in [3.05, 3.63) is 102 Å². The summed E-state index contributed by atoms with van der Waals surface area (Å²) in [6, 6.07) is 27.0. The van der Waals surface area contributed by atoms with Crippen LogP contribution in [-0.2, 0) is 25.1 Å². The molecule has 0 unspecified atom stereocenters. The van der Waals surface area contributed by atoms with Gasteiger partial charge in [-0.15, -0.1) is 0 Å². The van der Waals surface area contributed by atoms with E-state index in [1.54, 1.807) is 12.1 Å². The maximum absolute atomic E-state index is 13.3. The average molecular weight is 436 g/mol. The van der Waals surface area contributed by atoms with Crippen molar-refractivity contribution in [1.29, 1.82) is 0 Å². The molecule has 0 spiro atoms. The fourth-order valence-electron chi connectivity index (χ4n) is 3.35. The first-order chi connectivity index (χ1) is 15.1. The number of benzene rings is 3. The van der Waals surface area contributed by atoms with Crippen molar-refractivity contribution in [3.63, 3.8) is 0 Å². The first-order valence-corrected chi connectivity index (χ1v) is 11.3. The molecule has 0 aliphatic carbocycles. The average Bonchev–Trinajstić information content (AvgIpc) is 2.83. The quantitative estimate of drug-likeness (QED) is 0.521. The molecule has 5 nitrogen and oxygen atoms in total. The molecule has 0 aromatic heterocycles. The monoisotopic (exact) mass is 435 g/mol. The molecule has 6 heteroatoms. The van der Waals surface area contributed by atoms with Crippen LogP contribution >= 0.6 is 0 Å². The van der Waals surface area contributed by atoms with Crippen molar-refractivity contribution < 1.29 is 18.5 Å². The van der Waals surface area contributed by atoms with Gasteiger partial charge in [0.25, 0.3) is 0 Å². The highest BCUT2D eigenvalue weighted by Crippen LogP contribution is 2.25. The minimum atomic E-state index is -1.28. The molecule has 3 aromatic rings. The number of ether oxygens (including phenoxy) is 1. The highest BCUT2D eigenvalue weighted by Gasteiger charge is 2.28. The smallest absolute Gasteiger partial charge is 0.328 e. The normalized spacial score (nSPS) is 12.7. The van der Waals surface area contributed by atoms with Crippen molar-refractivity contribution in [2.45, 2.75) is 23.3 Å². The maximum atomic E-state index is 13.3. The molecule has 0 aliphatic rings. The molecule has 0 radical (unpaired) electrons. The maximum Gasteiger partial charge on any atom is 0.328 e. The molecule has 2 atom stereocenters. The third-order valence-corrected chi connectivity index (χ3v) is 6.33. The van der Waals surface area contributed by atoms with Crippen LogP contribution in [0.15, 0.2) is 95.9 Å². The fraction of sp³-hybridized carbons (Fsp3) is 0.200. The Morgan fingerprint density at radius 2 is 1.32 bits per heavy atom. The number of hydrogen-bond acceptors (Lipinski definition) is 4. The van der Waals surface area contributed by atoms with E-state index < -0.39 is 28.7 Å². The zero-order valence-corrected chi connectivity index (χ0v) is 18.1. The van der Waals surface area contributed by atoms with E-state index >= 15 is 0 Å². The number of nitrogens with one attached hydrogen (secondary N) is 1. The van der Waals surface area contributed by atoms with Gasteiger partial charge in [0.1, 0.15) is 6.04 Å². The van der Waals surface area contributed by atoms with Crippen molar-refractivity contribution in [3.8, 4) is 0 Å². The summed E-state index contributed by atoms with van der Waals surface area (Å²) in [5.74, 6) is -1.21. The summed E-state index contributed by atoms with van der Waals surface area (Å²) in [5, 5.41) is 2.82. The summed E-state index contributed by atoms with van der Waals surface area (Å²) in [6.07, 6.45) is 0.205. The topological polar surface area (TPSA) is 72.5 Å². The van der Waals surface area contributed by atoms with Crippen LogP contribution in [0.5, 0.6) is 0 Å². The van der Waals surface area contributed by atoms with Gasteiger partial charge in [0, 0.05) is 10.6 Å². The standard InChI is InChI=1S/C25H25NO4S/c1-30-25(28)22(17-18-31(29)21-15-9-4-10-16-21)26-24(27)23(19-11-5-2-6-12-19)20-13-7-3-8-14-20/h2-16,22-23H,17-18H2,1H3,(H,26,27)/t22-,31+/m0/s1. The number of carbonyl (C=O) groups excluding carboxylic acids is 2. The van der Waals surface area contributed by atoms with Gasteiger partial charge < -0.3 is 10.1 Å². The lowest BCUT2D eigenvalue weighted by Crippen LogP contribution is -2.44. The summed E-state index contributed by atoms with van der Waals surface area (Å²) < 4.78 is 17.5. The van der Waals surface area contributed by atoms with Gasteiger partial charge in [-0.25, -0.2) is 4.79 Å². The van der Waals surface area contributed by atoms with Crippen LogP contribution in [0.2, 0.25) is 0 Å². The number of carbonyl (C=O) groups is 2. The summed E-state index contributed by atoms with van der Waals surface area (Å²) in [4.78, 5) is 26.3. The second-order valence-corrected chi connectivity index (χ2v) is 8.56. The van der Waals surface area contributed by atoms with E-state index in [2.05, 4.69) is 5.32 Å². The minimum Gasteiger partial charge on any atom is -0.467 e. The molecule has 0 heterocycles. The summed E-state index contributed by atoms with van der Waals surface area (Å²) >= 11 is 0. The van der Waals surface area contributed by atoms with Gasteiger partial charge in [0.05, 0.1) is 23.8 Å². The van der Waals surface area contributed by atoms with E-state index in [0.717, 1.165) is 11.1 Å². The van der Waals surface area contributed by atoms with Crippen LogP contribution in [0.25, 0.3) is 0 Å². The first kappa shape index (κ1) is 22.4. The lowest BCUT2D eigenvalue weighted by molar-refractivity contribution is -0.145. The van der Waals surface area contributed by atoms with Gasteiger partial charge in [-0.05, 0) is 29.7 Å². The number of amides is 1. The number of methoxy groups -OCH3 is 1. The molecular formula is C25H25NO4S. The van der Waals surface area contributed by atoms with Crippen molar-refractivity contribution >= 4 is 22.7 Å². The predicted octanol–water partition coefficient (Wildman–Crippen LogP) is 3.67. The molecule has 160 valence electrons. The van der Waals surface area contributed by atoms with Crippen molar-refractivity contribution in [1.82, 2.24) is 5.32 Å². The van der Waals surface area contributed by atoms with E-state index in [4.69, 9.17) is 4.74 Å². The Kier molecular flexibility index (Phi) is 8.12. The molecular weight excluding hydrogens is 410 g/mol. The summed E-state index contributed by atoms with van der Waals surface area (Å²) in [5.41, 5.74) is 1.64. The highest BCUT2D eigenvalue weighted by molar-refractivity contribution is 7.85. The van der Waals surface area contributed by atoms with Crippen LogP contribution < -0.4 is 5.32 Å². The molecule has 0 saturated carbocycles. The molecule has 31 heavy (non-hydrogen) atoms. The Morgan fingerprint density at radius 1 is 0.839 bits per heavy atom. The number of rotatable bonds is 9. The van der Waals surface area contributed by atoms with Crippen LogP contribution in [0.1, 0.15) is 23.5 Å². The van der Waals surface area contributed by atoms with E-state index in [9.17, 15) is 13.8 Å². The van der Waals surface area contributed by atoms with E-state index in [0.29, 0.717) is 4.90 Å². The lowest BCUT2D eigenvalue weighted by atomic mass is 9.90. The Labute approximate surface area is 184 Å². The SMILES string of the molecule is COC(=O)[C@H](CC[S@@](=O)c1ccccc1)NC(=O)C(c1ccccc1)c1ccccc1. The van der Waals surface area contributed by atoms with Crippen molar-refractivity contribution in [2.75, 3.05) is 12.9 Å². The fourth-order valence-corrected chi connectivity index (χ4v) is 4.49. The molecule has 1 amide bonds. The summed E-state index contributed by atoms with van der Waals surface area (Å²) in [6.45, 7) is 0. The Bertz CT molecular complexity index is 970. The highest BCUT2D eigenvalue weighted by atomic mass is 32.2. The third kappa shape index (κ3) is 6.12. The molecule has 3 rings (SSSR count). The summed E-state index contributed by atoms with van der Waals surface area (Å²) in [7, 11) is 0.000211.